The fraction of sp³-hybridized carbons (Fsp3) is 0.304. The van der Waals surface area contributed by atoms with Crippen molar-refractivity contribution in [3.8, 4) is 11.5 Å². The second kappa shape index (κ2) is 7.62. The number of methoxy groups -OCH3 is 1. The largest absolute Gasteiger partial charge is 0.497 e. The predicted octanol–water partition coefficient (Wildman–Crippen LogP) is 3.90. The van der Waals surface area contributed by atoms with Crippen LogP contribution in [-0.4, -0.2) is 35.0 Å². The maximum atomic E-state index is 5.89. The number of benzene rings is 2. The van der Waals surface area contributed by atoms with Gasteiger partial charge in [-0.1, -0.05) is 12.1 Å². The van der Waals surface area contributed by atoms with Crippen LogP contribution in [0.1, 0.15) is 29.3 Å². The number of hydrogen-bond acceptors (Lipinski definition) is 5. The number of hydrogen-bond donors (Lipinski definition) is 1. The average molecular weight is 388 g/mol. The van der Waals surface area contributed by atoms with Crippen LogP contribution in [-0.2, 0) is 13.0 Å². The Morgan fingerprint density at radius 3 is 3.14 bits per heavy atom. The molecule has 2 aliphatic heterocycles. The van der Waals surface area contributed by atoms with Gasteiger partial charge in [0.25, 0.3) is 0 Å². The van der Waals surface area contributed by atoms with E-state index in [-0.39, 0.29) is 0 Å². The van der Waals surface area contributed by atoms with Crippen LogP contribution >= 0.6 is 0 Å². The summed E-state index contributed by atoms with van der Waals surface area (Å²) in [7, 11) is 1.68. The zero-order chi connectivity index (χ0) is 19.6. The van der Waals surface area contributed by atoms with Crippen LogP contribution in [0.25, 0.3) is 6.08 Å². The van der Waals surface area contributed by atoms with E-state index in [0.29, 0.717) is 12.5 Å². The first-order chi connectivity index (χ1) is 14.3. The summed E-state index contributed by atoms with van der Waals surface area (Å²) in [5.74, 6) is 3.34. The summed E-state index contributed by atoms with van der Waals surface area (Å²) in [6, 6.07) is 14.6. The second-order valence-electron chi connectivity index (χ2n) is 7.61. The molecule has 3 aromatic rings. The number of rotatable bonds is 5. The number of nitrogens with one attached hydrogen (secondary N) is 1. The van der Waals surface area contributed by atoms with Crippen LogP contribution in [0.2, 0.25) is 0 Å². The highest BCUT2D eigenvalue weighted by Crippen LogP contribution is 2.31. The van der Waals surface area contributed by atoms with E-state index in [1.165, 1.54) is 11.1 Å². The predicted molar refractivity (Wildman–Crippen MR) is 112 cm³/mol. The van der Waals surface area contributed by atoms with Crippen molar-refractivity contribution in [2.45, 2.75) is 25.3 Å². The zero-order valence-corrected chi connectivity index (χ0v) is 16.5. The molecule has 6 nitrogen and oxygen atoms in total. The molecule has 148 valence electrons. The highest BCUT2D eigenvalue weighted by atomic mass is 16.5. The van der Waals surface area contributed by atoms with Crippen molar-refractivity contribution in [3.05, 3.63) is 71.3 Å². The lowest BCUT2D eigenvalue weighted by atomic mass is 9.91. The maximum absolute atomic E-state index is 5.89. The Bertz CT molecular complexity index is 1060. The van der Waals surface area contributed by atoms with Crippen molar-refractivity contribution in [1.82, 2.24) is 14.8 Å². The monoisotopic (exact) mass is 388 g/mol. The molecule has 29 heavy (non-hydrogen) atoms. The third kappa shape index (κ3) is 3.70. The first-order valence-electron chi connectivity index (χ1n) is 9.99. The van der Waals surface area contributed by atoms with Gasteiger partial charge in [-0.05, 0) is 54.0 Å². The number of aromatic nitrogens is 3. The van der Waals surface area contributed by atoms with E-state index in [1.54, 1.807) is 7.11 Å². The molecule has 2 aromatic carbocycles. The molecule has 1 atom stereocenters. The quantitative estimate of drug-likeness (QED) is 0.718. The smallest absolute Gasteiger partial charge is 0.132 e. The molecule has 0 aliphatic carbocycles. The molecule has 0 unspecified atom stereocenters. The Kier molecular flexibility index (Phi) is 4.68. The molecule has 1 N–H and O–H groups in total. The van der Waals surface area contributed by atoms with E-state index < -0.39 is 0 Å². The summed E-state index contributed by atoms with van der Waals surface area (Å²) in [6.45, 7) is 2.30. The van der Waals surface area contributed by atoms with Crippen LogP contribution in [0.3, 0.4) is 0 Å². The second-order valence-corrected chi connectivity index (χ2v) is 7.61. The van der Waals surface area contributed by atoms with Gasteiger partial charge >= 0.3 is 0 Å². The van der Waals surface area contributed by atoms with Crippen molar-refractivity contribution < 1.29 is 9.47 Å². The van der Waals surface area contributed by atoms with Crippen molar-refractivity contribution in [3.63, 3.8) is 0 Å². The van der Waals surface area contributed by atoms with Gasteiger partial charge in [0.2, 0.25) is 0 Å². The minimum Gasteiger partial charge on any atom is -0.497 e. The SMILES string of the molecule is COc1ccc2c(c1)C=C(CNc1cccc([C@@H]3CCc4nncn4C3)c1)CO2. The first-order valence-corrected chi connectivity index (χ1v) is 9.99. The summed E-state index contributed by atoms with van der Waals surface area (Å²) >= 11 is 0. The highest BCUT2D eigenvalue weighted by molar-refractivity contribution is 5.65. The molecule has 0 spiro atoms. The number of anilines is 1. The lowest BCUT2D eigenvalue weighted by molar-refractivity contribution is 0.344. The first kappa shape index (κ1) is 17.8. The van der Waals surface area contributed by atoms with Gasteiger partial charge in [0.05, 0.1) is 7.11 Å². The Labute approximate surface area is 170 Å². The fourth-order valence-corrected chi connectivity index (χ4v) is 4.08. The van der Waals surface area contributed by atoms with Crippen molar-refractivity contribution in [2.75, 3.05) is 25.6 Å². The Morgan fingerprint density at radius 2 is 2.21 bits per heavy atom. The van der Waals surface area contributed by atoms with Crippen LogP contribution in [0.4, 0.5) is 5.69 Å². The Hall–Kier alpha value is -3.28. The summed E-state index contributed by atoms with van der Waals surface area (Å²) in [4.78, 5) is 0. The zero-order valence-electron chi connectivity index (χ0n) is 16.5. The number of aryl methyl sites for hydroxylation is 1. The van der Waals surface area contributed by atoms with Gasteiger partial charge in [-0.15, -0.1) is 10.2 Å². The van der Waals surface area contributed by atoms with Crippen molar-refractivity contribution in [1.29, 1.82) is 0 Å². The fourth-order valence-electron chi connectivity index (χ4n) is 4.08. The van der Waals surface area contributed by atoms with Crippen LogP contribution in [0, 0.1) is 0 Å². The summed E-state index contributed by atoms with van der Waals surface area (Å²) in [6.07, 6.45) is 6.12. The van der Waals surface area contributed by atoms with E-state index >= 15 is 0 Å². The molecule has 0 bridgehead atoms. The van der Waals surface area contributed by atoms with E-state index in [0.717, 1.165) is 54.5 Å². The number of ether oxygens (including phenoxy) is 2. The van der Waals surface area contributed by atoms with Gasteiger partial charge in [0, 0.05) is 36.7 Å². The molecular weight excluding hydrogens is 364 g/mol. The normalized spacial score (nSPS) is 17.6. The van der Waals surface area contributed by atoms with Crippen molar-refractivity contribution >= 4 is 11.8 Å². The third-order valence-corrected chi connectivity index (χ3v) is 5.70. The lowest BCUT2D eigenvalue weighted by Crippen LogP contribution is -2.19. The van der Waals surface area contributed by atoms with Gasteiger partial charge in [-0.2, -0.15) is 0 Å². The highest BCUT2D eigenvalue weighted by Gasteiger charge is 2.21. The summed E-state index contributed by atoms with van der Waals surface area (Å²) in [5, 5.41) is 11.8. The van der Waals surface area contributed by atoms with Gasteiger partial charge in [0.1, 0.15) is 30.3 Å². The standard InChI is InChI=1S/C23H24N4O2/c1-28-21-6-7-22-19(11-21)9-16(14-29-22)12-24-20-4-2-3-17(10-20)18-5-8-23-26-25-15-27(23)13-18/h2-4,6-7,9-11,15,18,24H,5,8,12-14H2,1H3/t18-/m1/s1. The van der Waals surface area contributed by atoms with Crippen LogP contribution in [0.5, 0.6) is 11.5 Å². The van der Waals surface area contributed by atoms with Gasteiger partial charge in [-0.3, -0.25) is 0 Å². The minimum absolute atomic E-state index is 0.497. The topological polar surface area (TPSA) is 61.2 Å². The molecule has 3 heterocycles. The third-order valence-electron chi connectivity index (χ3n) is 5.70. The van der Waals surface area contributed by atoms with Crippen molar-refractivity contribution in [2.24, 2.45) is 0 Å². The van der Waals surface area contributed by atoms with Crippen LogP contribution < -0.4 is 14.8 Å². The van der Waals surface area contributed by atoms with E-state index in [1.807, 2.05) is 24.5 Å². The van der Waals surface area contributed by atoms with Gasteiger partial charge in [0.15, 0.2) is 0 Å². The summed E-state index contributed by atoms with van der Waals surface area (Å²) in [5.41, 5.74) is 4.77. The molecule has 0 fully saturated rings. The molecule has 1 aromatic heterocycles. The Morgan fingerprint density at radius 1 is 1.24 bits per heavy atom. The Balaban J connectivity index is 1.27. The molecule has 2 aliphatic rings. The number of nitrogens with zero attached hydrogens (tertiary/aromatic N) is 3. The molecular formula is C23H24N4O2. The summed E-state index contributed by atoms with van der Waals surface area (Å²) < 4.78 is 13.4. The van der Waals surface area contributed by atoms with E-state index in [4.69, 9.17) is 9.47 Å². The molecule has 0 amide bonds. The van der Waals surface area contributed by atoms with Crippen LogP contribution in [0.15, 0.2) is 54.4 Å². The maximum Gasteiger partial charge on any atom is 0.132 e. The van der Waals surface area contributed by atoms with E-state index in [2.05, 4.69) is 50.4 Å². The molecule has 0 saturated heterocycles. The van der Waals surface area contributed by atoms with Gasteiger partial charge in [-0.25, -0.2) is 0 Å². The lowest BCUT2D eigenvalue weighted by Gasteiger charge is -2.24. The molecule has 5 rings (SSSR count). The molecule has 0 radical (unpaired) electrons. The van der Waals surface area contributed by atoms with Gasteiger partial charge < -0.3 is 19.4 Å². The molecule has 6 heteroatoms. The molecule has 0 saturated carbocycles. The van der Waals surface area contributed by atoms with E-state index in [9.17, 15) is 0 Å². The average Bonchev–Trinajstić information content (AvgIpc) is 3.25. The number of fused-ring (bicyclic) bond motifs is 2. The minimum atomic E-state index is 0.497.